The molecule has 138 valence electrons. The van der Waals surface area contributed by atoms with Crippen molar-refractivity contribution in [1.29, 1.82) is 0 Å². The van der Waals surface area contributed by atoms with Crippen LogP contribution in [0, 0.1) is 0 Å². The maximum atomic E-state index is 12.2. The van der Waals surface area contributed by atoms with Crippen molar-refractivity contribution in [3.63, 3.8) is 0 Å². The molecule has 8 heteroatoms. The van der Waals surface area contributed by atoms with E-state index in [-0.39, 0.29) is 5.91 Å². The highest BCUT2D eigenvalue weighted by molar-refractivity contribution is 9.10. The van der Waals surface area contributed by atoms with Crippen LogP contribution in [-0.2, 0) is 11.3 Å². The largest absolute Gasteiger partial charge is 0.310 e. The molecule has 1 amide bonds. The normalized spacial score (nSPS) is 15.8. The van der Waals surface area contributed by atoms with E-state index in [1.807, 2.05) is 24.3 Å². The second-order valence-corrected chi connectivity index (χ2v) is 7.89. The molecule has 0 aliphatic carbocycles. The highest BCUT2D eigenvalue weighted by Gasteiger charge is 2.20. The lowest BCUT2D eigenvalue weighted by Crippen LogP contribution is -2.48. The quantitative estimate of drug-likeness (QED) is 0.739. The number of anilines is 1. The number of aromatic nitrogens is 1. The number of amides is 1. The average Bonchev–Trinajstić information content (AvgIpc) is 2.62. The first-order valence-electron chi connectivity index (χ1n) is 8.30. The first kappa shape index (κ1) is 19.6. The number of nitrogens with one attached hydrogen (secondary N) is 1. The lowest BCUT2D eigenvalue weighted by atomic mass is 10.2. The zero-order chi connectivity index (χ0) is 18.5. The molecule has 0 bridgehead atoms. The Morgan fingerprint density at radius 3 is 2.35 bits per heavy atom. The molecule has 0 atom stereocenters. The van der Waals surface area contributed by atoms with Crippen molar-refractivity contribution in [2.24, 2.45) is 0 Å². The van der Waals surface area contributed by atoms with Gasteiger partial charge in [0.25, 0.3) is 0 Å². The molecule has 0 spiro atoms. The van der Waals surface area contributed by atoms with Gasteiger partial charge in [-0.1, -0.05) is 29.3 Å². The second kappa shape index (κ2) is 9.15. The van der Waals surface area contributed by atoms with Crippen molar-refractivity contribution in [2.75, 3.05) is 38.0 Å². The van der Waals surface area contributed by atoms with Crippen molar-refractivity contribution >= 4 is 50.9 Å². The average molecular weight is 458 g/mol. The van der Waals surface area contributed by atoms with Gasteiger partial charge in [-0.3, -0.25) is 14.6 Å². The SMILES string of the molecule is O=C(CN1CCN(Cc2c(Cl)cccc2Cl)CC1)Nc1ccc(Br)cn1. The maximum absolute atomic E-state index is 12.2. The molecule has 2 aromatic rings. The molecule has 1 aromatic heterocycles. The van der Waals surface area contributed by atoms with Gasteiger partial charge in [-0.25, -0.2) is 4.98 Å². The van der Waals surface area contributed by atoms with E-state index in [1.165, 1.54) is 0 Å². The summed E-state index contributed by atoms with van der Waals surface area (Å²) in [7, 11) is 0. The third-order valence-electron chi connectivity index (χ3n) is 4.27. The van der Waals surface area contributed by atoms with Crippen molar-refractivity contribution in [1.82, 2.24) is 14.8 Å². The molecule has 5 nitrogen and oxygen atoms in total. The number of nitrogens with zero attached hydrogens (tertiary/aromatic N) is 3. The van der Waals surface area contributed by atoms with Crippen molar-refractivity contribution in [2.45, 2.75) is 6.54 Å². The number of hydrogen-bond donors (Lipinski definition) is 1. The fourth-order valence-corrected chi connectivity index (χ4v) is 3.60. The smallest absolute Gasteiger partial charge is 0.239 e. The van der Waals surface area contributed by atoms with E-state index in [0.29, 0.717) is 22.4 Å². The molecule has 1 aliphatic rings. The van der Waals surface area contributed by atoms with Crippen molar-refractivity contribution in [3.8, 4) is 0 Å². The molecule has 0 saturated carbocycles. The summed E-state index contributed by atoms with van der Waals surface area (Å²) in [4.78, 5) is 20.8. The number of pyridine rings is 1. The van der Waals surface area contributed by atoms with Crippen LogP contribution >= 0.6 is 39.1 Å². The minimum Gasteiger partial charge on any atom is -0.310 e. The summed E-state index contributed by atoms with van der Waals surface area (Å²) in [5, 5.41) is 4.21. The van der Waals surface area contributed by atoms with Crippen molar-refractivity contribution in [3.05, 3.63) is 56.6 Å². The van der Waals surface area contributed by atoms with E-state index >= 15 is 0 Å². The summed E-state index contributed by atoms with van der Waals surface area (Å²) in [5.74, 6) is 0.507. The van der Waals surface area contributed by atoms with E-state index in [4.69, 9.17) is 23.2 Å². The number of piperazine rings is 1. The van der Waals surface area contributed by atoms with Crippen LogP contribution in [0.15, 0.2) is 41.0 Å². The Morgan fingerprint density at radius 2 is 1.73 bits per heavy atom. The van der Waals surface area contributed by atoms with Crippen LogP contribution in [0.25, 0.3) is 0 Å². The molecule has 3 rings (SSSR count). The van der Waals surface area contributed by atoms with E-state index in [1.54, 1.807) is 12.3 Å². The summed E-state index contributed by atoms with van der Waals surface area (Å²) in [6.45, 7) is 4.46. The van der Waals surface area contributed by atoms with Crippen LogP contribution in [0.1, 0.15) is 5.56 Å². The lowest BCUT2D eigenvalue weighted by molar-refractivity contribution is -0.117. The van der Waals surface area contributed by atoms with Gasteiger partial charge >= 0.3 is 0 Å². The Labute approximate surface area is 171 Å². The van der Waals surface area contributed by atoms with Crippen LogP contribution < -0.4 is 5.32 Å². The molecule has 1 aromatic carbocycles. The Hall–Kier alpha value is -1.18. The first-order valence-corrected chi connectivity index (χ1v) is 9.85. The Balaban J connectivity index is 1.46. The number of benzene rings is 1. The minimum absolute atomic E-state index is 0.0533. The maximum Gasteiger partial charge on any atom is 0.239 e. The van der Waals surface area contributed by atoms with Crippen LogP contribution in [0.4, 0.5) is 5.82 Å². The topological polar surface area (TPSA) is 48.5 Å². The number of halogens is 3. The summed E-state index contributed by atoms with van der Waals surface area (Å²) < 4.78 is 0.880. The highest BCUT2D eigenvalue weighted by atomic mass is 79.9. The fourth-order valence-electron chi connectivity index (χ4n) is 2.85. The zero-order valence-corrected chi connectivity index (χ0v) is 17.2. The predicted molar refractivity (Wildman–Crippen MR) is 109 cm³/mol. The standard InChI is InChI=1S/C18H19BrCl2N4O/c19-13-4-5-17(22-10-13)23-18(26)12-25-8-6-24(7-9-25)11-14-15(20)2-1-3-16(14)21/h1-5,10H,6-9,11-12H2,(H,22,23,26). The number of hydrogen-bond acceptors (Lipinski definition) is 4. The number of carbonyl (C=O) groups is 1. The van der Waals surface area contributed by atoms with Gasteiger partial charge in [0.1, 0.15) is 5.82 Å². The zero-order valence-electron chi connectivity index (χ0n) is 14.1. The van der Waals surface area contributed by atoms with Gasteiger partial charge in [-0.05, 0) is 40.2 Å². The summed E-state index contributed by atoms with van der Waals surface area (Å²) in [6, 6.07) is 9.19. The first-order chi connectivity index (χ1) is 12.5. The van der Waals surface area contributed by atoms with E-state index in [0.717, 1.165) is 42.8 Å². The Kier molecular flexibility index (Phi) is 6.89. The summed E-state index contributed by atoms with van der Waals surface area (Å²) in [6.07, 6.45) is 1.66. The molecule has 26 heavy (non-hydrogen) atoms. The van der Waals surface area contributed by atoms with Gasteiger partial charge in [0.15, 0.2) is 0 Å². The number of rotatable bonds is 5. The van der Waals surface area contributed by atoms with Crippen LogP contribution in [0.5, 0.6) is 0 Å². The molecule has 2 heterocycles. The van der Waals surface area contributed by atoms with Gasteiger partial charge in [0.2, 0.25) is 5.91 Å². The van der Waals surface area contributed by atoms with E-state index < -0.39 is 0 Å². The molecular formula is C18H19BrCl2N4O. The highest BCUT2D eigenvalue weighted by Crippen LogP contribution is 2.26. The third-order valence-corrected chi connectivity index (χ3v) is 5.45. The van der Waals surface area contributed by atoms with Gasteiger partial charge < -0.3 is 5.32 Å². The monoisotopic (exact) mass is 456 g/mol. The van der Waals surface area contributed by atoms with Gasteiger partial charge in [0.05, 0.1) is 6.54 Å². The molecule has 0 radical (unpaired) electrons. The minimum atomic E-state index is -0.0533. The summed E-state index contributed by atoms with van der Waals surface area (Å²) in [5.41, 5.74) is 0.961. The molecule has 1 saturated heterocycles. The third kappa shape index (κ3) is 5.41. The predicted octanol–water partition coefficient (Wildman–Crippen LogP) is 3.91. The second-order valence-electron chi connectivity index (χ2n) is 6.16. The molecular weight excluding hydrogens is 439 g/mol. The van der Waals surface area contributed by atoms with Gasteiger partial charge in [-0.15, -0.1) is 0 Å². The molecule has 1 N–H and O–H groups in total. The lowest BCUT2D eigenvalue weighted by Gasteiger charge is -2.34. The van der Waals surface area contributed by atoms with Gasteiger partial charge in [-0.2, -0.15) is 0 Å². The number of carbonyl (C=O) groups excluding carboxylic acids is 1. The fraction of sp³-hybridized carbons (Fsp3) is 0.333. The van der Waals surface area contributed by atoms with Crippen molar-refractivity contribution < 1.29 is 4.79 Å². The molecule has 1 fully saturated rings. The van der Waals surface area contributed by atoms with Crippen LogP contribution in [0.2, 0.25) is 10.0 Å². The molecule has 0 unspecified atom stereocenters. The van der Waals surface area contributed by atoms with Gasteiger partial charge in [0, 0.05) is 59.0 Å². The van der Waals surface area contributed by atoms with E-state index in [2.05, 4.69) is 36.0 Å². The van der Waals surface area contributed by atoms with E-state index in [9.17, 15) is 4.79 Å². The Bertz CT molecular complexity index is 744. The Morgan fingerprint density at radius 1 is 1.08 bits per heavy atom. The molecule has 1 aliphatic heterocycles. The van der Waals surface area contributed by atoms with Crippen LogP contribution in [0.3, 0.4) is 0 Å². The van der Waals surface area contributed by atoms with Crippen LogP contribution in [-0.4, -0.2) is 53.4 Å². The summed E-state index contributed by atoms with van der Waals surface area (Å²) >= 11 is 15.8.